The molecular formula is C26H30N2O. The van der Waals surface area contributed by atoms with Gasteiger partial charge in [0.05, 0.1) is 0 Å². The zero-order valence-electron chi connectivity index (χ0n) is 17.4. The Balaban J connectivity index is 1.43. The largest absolute Gasteiger partial charge is 0.333 e. The van der Waals surface area contributed by atoms with E-state index in [-0.39, 0.29) is 0 Å². The minimum atomic E-state index is 0.299. The van der Waals surface area contributed by atoms with E-state index in [9.17, 15) is 4.79 Å². The van der Waals surface area contributed by atoms with E-state index in [1.54, 1.807) is 0 Å². The maximum Gasteiger partial charge on any atom is 0.254 e. The van der Waals surface area contributed by atoms with Crippen molar-refractivity contribution < 1.29 is 4.79 Å². The maximum absolute atomic E-state index is 13.8. The van der Waals surface area contributed by atoms with Crippen LogP contribution in [0.15, 0.2) is 36.4 Å². The summed E-state index contributed by atoms with van der Waals surface area (Å²) in [4.78, 5) is 18.7. The van der Waals surface area contributed by atoms with Crippen LogP contribution in [0.3, 0.4) is 0 Å². The lowest BCUT2D eigenvalue weighted by molar-refractivity contribution is 0.00259. The molecule has 4 aliphatic heterocycles. The first-order chi connectivity index (χ1) is 14.2. The van der Waals surface area contributed by atoms with Gasteiger partial charge in [0.15, 0.2) is 0 Å². The number of carbonyl (C=O) groups is 1. The SMILES string of the molecule is Cc1cccc(-c2cc3c4c(c2)C(=O)N(C2CN5CCC2CC5)CC4CCC3)c1. The molecule has 3 fully saturated rings. The van der Waals surface area contributed by atoms with Gasteiger partial charge in [-0.25, -0.2) is 0 Å². The third-order valence-corrected chi connectivity index (χ3v) is 7.95. The van der Waals surface area contributed by atoms with Gasteiger partial charge in [0.2, 0.25) is 0 Å². The molecule has 2 atom stereocenters. The molecule has 2 aromatic rings. The molecule has 7 rings (SSSR count). The first-order valence-electron chi connectivity index (χ1n) is 11.4. The third kappa shape index (κ3) is 2.85. The highest BCUT2D eigenvalue weighted by Crippen LogP contribution is 2.43. The van der Waals surface area contributed by atoms with Gasteiger partial charge in [-0.05, 0) is 86.4 Å². The average Bonchev–Trinajstić information content (AvgIpc) is 2.76. The van der Waals surface area contributed by atoms with Crippen molar-refractivity contribution in [3.63, 3.8) is 0 Å². The molecule has 2 aromatic carbocycles. The molecule has 0 spiro atoms. The molecule has 1 amide bonds. The Kier molecular flexibility index (Phi) is 4.09. The van der Waals surface area contributed by atoms with Crippen LogP contribution < -0.4 is 0 Å². The fourth-order valence-corrected chi connectivity index (χ4v) is 6.48. The fourth-order valence-electron chi connectivity index (χ4n) is 6.48. The van der Waals surface area contributed by atoms with Gasteiger partial charge >= 0.3 is 0 Å². The minimum absolute atomic E-state index is 0.299. The molecule has 150 valence electrons. The quantitative estimate of drug-likeness (QED) is 0.751. The van der Waals surface area contributed by atoms with Crippen molar-refractivity contribution in [3.05, 3.63) is 58.7 Å². The molecule has 0 aromatic heterocycles. The lowest BCUT2D eigenvalue weighted by atomic mass is 9.74. The van der Waals surface area contributed by atoms with E-state index in [2.05, 4.69) is 53.1 Å². The summed E-state index contributed by atoms with van der Waals surface area (Å²) in [6, 6.07) is 13.7. The maximum atomic E-state index is 13.8. The molecule has 2 bridgehead atoms. The summed E-state index contributed by atoms with van der Waals surface area (Å²) in [5.41, 5.74) is 7.54. The Morgan fingerprint density at radius 3 is 2.59 bits per heavy atom. The standard InChI is InChI=1S/C26H30N2O/c1-17-4-2-5-19(12-17)22-13-20-6-3-7-21-15-28(26(29)23(14-22)25(20)21)24-16-27-10-8-18(24)9-11-27/h2,4-5,12-14,18,21,24H,3,6-11,15-16H2,1H3. The molecule has 3 nitrogen and oxygen atoms in total. The lowest BCUT2D eigenvalue weighted by Crippen LogP contribution is -2.60. The molecule has 2 unspecified atom stereocenters. The predicted molar refractivity (Wildman–Crippen MR) is 116 cm³/mol. The molecule has 4 heterocycles. The Morgan fingerprint density at radius 1 is 0.966 bits per heavy atom. The number of carbonyl (C=O) groups excluding carboxylic acids is 1. The number of fused-ring (bicyclic) bond motifs is 3. The highest BCUT2D eigenvalue weighted by atomic mass is 16.2. The molecule has 3 saturated heterocycles. The summed E-state index contributed by atoms with van der Waals surface area (Å²) in [6.07, 6.45) is 6.12. The van der Waals surface area contributed by atoms with E-state index in [1.165, 1.54) is 66.6 Å². The summed E-state index contributed by atoms with van der Waals surface area (Å²) in [7, 11) is 0. The zero-order chi connectivity index (χ0) is 19.5. The molecule has 3 heteroatoms. The molecule has 5 aliphatic rings. The minimum Gasteiger partial charge on any atom is -0.333 e. The van der Waals surface area contributed by atoms with Crippen molar-refractivity contribution in [2.24, 2.45) is 5.92 Å². The lowest BCUT2D eigenvalue weighted by Gasteiger charge is -2.51. The molecule has 29 heavy (non-hydrogen) atoms. The Hall–Kier alpha value is -2.13. The van der Waals surface area contributed by atoms with Crippen LogP contribution in [0, 0.1) is 12.8 Å². The highest BCUT2D eigenvalue weighted by Gasteiger charge is 2.44. The molecule has 1 aliphatic carbocycles. The Morgan fingerprint density at radius 2 is 1.83 bits per heavy atom. The number of rotatable bonds is 2. The Labute approximate surface area is 173 Å². The molecular weight excluding hydrogens is 356 g/mol. The van der Waals surface area contributed by atoms with Gasteiger partial charge in [0.25, 0.3) is 5.91 Å². The van der Waals surface area contributed by atoms with Crippen LogP contribution in [-0.2, 0) is 6.42 Å². The fraction of sp³-hybridized carbons (Fsp3) is 0.500. The van der Waals surface area contributed by atoms with Gasteiger partial charge in [-0.2, -0.15) is 0 Å². The summed E-state index contributed by atoms with van der Waals surface area (Å²) < 4.78 is 0. The van der Waals surface area contributed by atoms with Crippen molar-refractivity contribution >= 4 is 5.91 Å². The summed E-state index contributed by atoms with van der Waals surface area (Å²) >= 11 is 0. The van der Waals surface area contributed by atoms with Crippen LogP contribution in [0.2, 0.25) is 0 Å². The van der Waals surface area contributed by atoms with Crippen molar-refractivity contribution in [1.29, 1.82) is 0 Å². The number of hydrogen-bond donors (Lipinski definition) is 0. The normalized spacial score (nSPS) is 30.4. The first kappa shape index (κ1) is 17.7. The third-order valence-electron chi connectivity index (χ3n) is 7.95. The van der Waals surface area contributed by atoms with E-state index in [4.69, 9.17) is 0 Å². The summed E-state index contributed by atoms with van der Waals surface area (Å²) in [6.45, 7) is 6.62. The van der Waals surface area contributed by atoms with E-state index < -0.39 is 0 Å². The number of aryl methyl sites for hydroxylation is 2. The number of hydrogen-bond acceptors (Lipinski definition) is 2. The molecule has 0 saturated carbocycles. The number of amides is 1. The van der Waals surface area contributed by atoms with E-state index in [0.717, 1.165) is 25.1 Å². The van der Waals surface area contributed by atoms with Gasteiger partial charge in [-0.15, -0.1) is 0 Å². The predicted octanol–water partition coefficient (Wildman–Crippen LogP) is 4.63. The van der Waals surface area contributed by atoms with Gasteiger partial charge < -0.3 is 9.80 Å². The summed E-state index contributed by atoms with van der Waals surface area (Å²) in [5.74, 6) is 1.54. The van der Waals surface area contributed by atoms with Gasteiger partial charge in [-0.3, -0.25) is 4.79 Å². The number of nitrogens with zero attached hydrogens (tertiary/aromatic N) is 2. The number of piperidine rings is 3. The van der Waals surface area contributed by atoms with E-state index in [0.29, 0.717) is 23.8 Å². The van der Waals surface area contributed by atoms with E-state index >= 15 is 0 Å². The number of benzene rings is 2. The van der Waals surface area contributed by atoms with Gasteiger partial charge in [-0.1, -0.05) is 35.9 Å². The van der Waals surface area contributed by atoms with Crippen LogP contribution >= 0.6 is 0 Å². The summed E-state index contributed by atoms with van der Waals surface area (Å²) in [5, 5.41) is 0. The van der Waals surface area contributed by atoms with Crippen molar-refractivity contribution in [3.8, 4) is 11.1 Å². The average molecular weight is 387 g/mol. The van der Waals surface area contributed by atoms with Crippen molar-refractivity contribution in [2.45, 2.75) is 51.0 Å². The van der Waals surface area contributed by atoms with Crippen LogP contribution in [0.4, 0.5) is 0 Å². The zero-order valence-corrected chi connectivity index (χ0v) is 17.4. The van der Waals surface area contributed by atoms with Crippen LogP contribution in [0.25, 0.3) is 11.1 Å². The smallest absolute Gasteiger partial charge is 0.254 e. The van der Waals surface area contributed by atoms with Crippen molar-refractivity contribution in [1.82, 2.24) is 9.80 Å². The highest BCUT2D eigenvalue weighted by molar-refractivity contribution is 5.99. The molecule has 0 N–H and O–H groups in total. The topological polar surface area (TPSA) is 23.6 Å². The molecule has 0 radical (unpaired) electrons. The van der Waals surface area contributed by atoms with Crippen LogP contribution in [-0.4, -0.2) is 47.9 Å². The van der Waals surface area contributed by atoms with Gasteiger partial charge in [0, 0.05) is 30.6 Å². The van der Waals surface area contributed by atoms with E-state index in [1.807, 2.05) is 0 Å². The second kappa shape index (κ2) is 6.70. The Bertz CT molecular complexity index is 973. The first-order valence-corrected chi connectivity index (χ1v) is 11.4. The second-order valence-electron chi connectivity index (χ2n) is 9.72. The van der Waals surface area contributed by atoms with Crippen molar-refractivity contribution in [2.75, 3.05) is 26.2 Å². The van der Waals surface area contributed by atoms with Gasteiger partial charge in [0.1, 0.15) is 0 Å². The second-order valence-corrected chi connectivity index (χ2v) is 9.72. The van der Waals surface area contributed by atoms with Crippen LogP contribution in [0.1, 0.15) is 58.6 Å². The van der Waals surface area contributed by atoms with Crippen LogP contribution in [0.5, 0.6) is 0 Å². The monoisotopic (exact) mass is 386 g/mol.